The van der Waals surface area contributed by atoms with Crippen molar-refractivity contribution >= 4 is 21.8 Å². The first-order valence-corrected chi connectivity index (χ1v) is 9.70. The summed E-state index contributed by atoms with van der Waals surface area (Å²) in [6.45, 7) is 8.67. The van der Waals surface area contributed by atoms with E-state index in [1.165, 1.54) is 32.2 Å². The number of hydrazine groups is 1. The minimum atomic E-state index is -0.0306. The van der Waals surface area contributed by atoms with Crippen molar-refractivity contribution in [2.75, 3.05) is 39.3 Å². The van der Waals surface area contributed by atoms with Gasteiger partial charge in [0.2, 0.25) is 0 Å². The van der Waals surface area contributed by atoms with Gasteiger partial charge in [-0.2, -0.15) is 0 Å². The van der Waals surface area contributed by atoms with Crippen LogP contribution in [0.3, 0.4) is 0 Å². The van der Waals surface area contributed by atoms with Crippen molar-refractivity contribution in [1.29, 1.82) is 0 Å². The molecule has 0 bridgehead atoms. The molecule has 0 aromatic heterocycles. The first kappa shape index (κ1) is 16.7. The van der Waals surface area contributed by atoms with Gasteiger partial charge in [0.05, 0.1) is 4.83 Å². The molecule has 5 nitrogen and oxygen atoms in total. The molecule has 2 heterocycles. The second kappa shape index (κ2) is 7.60. The van der Waals surface area contributed by atoms with Gasteiger partial charge >= 0.3 is 0 Å². The number of rotatable bonds is 3. The van der Waals surface area contributed by atoms with Crippen LogP contribution in [0.5, 0.6) is 0 Å². The summed E-state index contributed by atoms with van der Waals surface area (Å²) in [7, 11) is 0. The molecule has 2 N–H and O–H groups in total. The van der Waals surface area contributed by atoms with E-state index >= 15 is 0 Å². The summed E-state index contributed by atoms with van der Waals surface area (Å²) in [5, 5.41) is 0. The van der Waals surface area contributed by atoms with Crippen LogP contribution in [0.15, 0.2) is 0 Å². The molecule has 0 aromatic carbocycles. The highest BCUT2D eigenvalue weighted by atomic mass is 79.9. The van der Waals surface area contributed by atoms with E-state index in [-0.39, 0.29) is 16.8 Å². The number of carbonyl (C=O) groups is 1. The fourth-order valence-electron chi connectivity index (χ4n) is 4.20. The molecule has 6 heteroatoms. The summed E-state index contributed by atoms with van der Waals surface area (Å²) in [6.07, 6.45) is 5.64. The predicted octanol–water partition coefficient (Wildman–Crippen LogP) is 1.20. The third-order valence-electron chi connectivity index (χ3n) is 5.70. The Kier molecular flexibility index (Phi) is 5.76. The standard InChI is InChI=1S/C16H29BrN4O/c1-12-4-2-3-5-13(12)11-20-6-8-21(9-7-20)15-14(17)10-18-19-16(15)22/h12-15,18H,2-11H2,1H3,(H,19,22). The SMILES string of the molecule is CC1CCCCC1CN1CCN(C2C(=O)NNCC2Br)CC1. The van der Waals surface area contributed by atoms with Gasteiger partial charge in [-0.1, -0.05) is 42.1 Å². The quantitative estimate of drug-likeness (QED) is 0.730. The Morgan fingerprint density at radius 3 is 2.59 bits per heavy atom. The third kappa shape index (κ3) is 3.83. The smallest absolute Gasteiger partial charge is 0.252 e. The van der Waals surface area contributed by atoms with Gasteiger partial charge in [0.25, 0.3) is 5.91 Å². The van der Waals surface area contributed by atoms with E-state index in [4.69, 9.17) is 0 Å². The molecule has 2 saturated heterocycles. The molecule has 0 spiro atoms. The second-order valence-electron chi connectivity index (χ2n) is 7.19. The highest BCUT2D eigenvalue weighted by Crippen LogP contribution is 2.30. The predicted molar refractivity (Wildman–Crippen MR) is 91.8 cm³/mol. The number of nitrogens with one attached hydrogen (secondary N) is 2. The molecule has 1 amide bonds. The van der Waals surface area contributed by atoms with Gasteiger partial charge < -0.3 is 4.90 Å². The van der Waals surface area contributed by atoms with Crippen LogP contribution < -0.4 is 10.9 Å². The molecule has 2 aliphatic heterocycles. The highest BCUT2D eigenvalue weighted by Gasteiger charge is 2.37. The number of nitrogens with zero attached hydrogens (tertiary/aromatic N) is 2. The van der Waals surface area contributed by atoms with E-state index in [1.54, 1.807) is 0 Å². The van der Waals surface area contributed by atoms with Crippen LogP contribution in [0.4, 0.5) is 0 Å². The molecule has 3 rings (SSSR count). The topological polar surface area (TPSA) is 47.6 Å². The number of hydrogen-bond donors (Lipinski definition) is 2. The van der Waals surface area contributed by atoms with Crippen LogP contribution in [0, 0.1) is 11.8 Å². The first-order valence-electron chi connectivity index (χ1n) is 8.78. The molecule has 3 fully saturated rings. The zero-order valence-electron chi connectivity index (χ0n) is 13.6. The van der Waals surface area contributed by atoms with Crippen molar-refractivity contribution < 1.29 is 4.79 Å². The Labute approximate surface area is 142 Å². The maximum Gasteiger partial charge on any atom is 0.252 e. The van der Waals surface area contributed by atoms with Gasteiger partial charge in [-0.25, -0.2) is 5.43 Å². The van der Waals surface area contributed by atoms with Crippen LogP contribution in [-0.4, -0.2) is 65.8 Å². The van der Waals surface area contributed by atoms with Gasteiger partial charge in [0.1, 0.15) is 6.04 Å². The fourth-order valence-corrected chi connectivity index (χ4v) is 4.94. The van der Waals surface area contributed by atoms with Crippen LogP contribution in [0.1, 0.15) is 32.6 Å². The van der Waals surface area contributed by atoms with Crippen molar-refractivity contribution in [3.8, 4) is 0 Å². The lowest BCUT2D eigenvalue weighted by molar-refractivity contribution is -0.130. The van der Waals surface area contributed by atoms with Gasteiger partial charge in [-0.15, -0.1) is 0 Å². The number of alkyl halides is 1. The third-order valence-corrected chi connectivity index (χ3v) is 6.53. The van der Waals surface area contributed by atoms with Gasteiger partial charge in [-0.3, -0.25) is 15.1 Å². The minimum Gasteiger partial charge on any atom is -0.301 e. The molecule has 1 aliphatic carbocycles. The summed E-state index contributed by atoms with van der Waals surface area (Å²) in [4.78, 5) is 17.2. The van der Waals surface area contributed by atoms with E-state index < -0.39 is 0 Å². The van der Waals surface area contributed by atoms with E-state index in [1.807, 2.05) is 0 Å². The molecule has 126 valence electrons. The first-order chi connectivity index (χ1) is 10.6. The number of amides is 1. The summed E-state index contributed by atoms with van der Waals surface area (Å²) < 4.78 is 0. The highest BCUT2D eigenvalue weighted by molar-refractivity contribution is 9.09. The van der Waals surface area contributed by atoms with Gasteiger partial charge in [-0.05, 0) is 18.3 Å². The molecule has 3 aliphatic rings. The number of carbonyl (C=O) groups excluding carboxylic acids is 1. The minimum absolute atomic E-state index is 0.0306. The number of piperazine rings is 1. The summed E-state index contributed by atoms with van der Waals surface area (Å²) >= 11 is 3.65. The average molecular weight is 373 g/mol. The summed E-state index contributed by atoms with van der Waals surface area (Å²) in [5.74, 6) is 1.86. The van der Waals surface area contributed by atoms with Crippen LogP contribution in [-0.2, 0) is 4.79 Å². The zero-order chi connectivity index (χ0) is 15.5. The molecule has 4 atom stereocenters. The Morgan fingerprint density at radius 2 is 1.91 bits per heavy atom. The summed E-state index contributed by atoms with van der Waals surface area (Å²) in [6, 6.07) is -0.0306. The normalized spacial score (nSPS) is 38.7. The molecule has 0 aromatic rings. The Balaban J connectivity index is 1.48. The van der Waals surface area contributed by atoms with Crippen molar-refractivity contribution in [2.24, 2.45) is 11.8 Å². The molecular formula is C16H29BrN4O. The van der Waals surface area contributed by atoms with Crippen molar-refractivity contribution in [3.63, 3.8) is 0 Å². The number of hydrogen-bond acceptors (Lipinski definition) is 4. The monoisotopic (exact) mass is 372 g/mol. The Bertz CT molecular complexity index is 386. The largest absolute Gasteiger partial charge is 0.301 e. The average Bonchev–Trinajstić information content (AvgIpc) is 2.51. The van der Waals surface area contributed by atoms with Crippen molar-refractivity contribution in [1.82, 2.24) is 20.7 Å². The maximum atomic E-state index is 12.1. The maximum absolute atomic E-state index is 12.1. The van der Waals surface area contributed by atoms with E-state index in [0.717, 1.165) is 44.6 Å². The lowest BCUT2D eigenvalue weighted by Crippen LogP contribution is -2.65. The van der Waals surface area contributed by atoms with Crippen molar-refractivity contribution in [3.05, 3.63) is 0 Å². The van der Waals surface area contributed by atoms with Crippen LogP contribution in [0.25, 0.3) is 0 Å². The van der Waals surface area contributed by atoms with Crippen LogP contribution in [0.2, 0.25) is 0 Å². The molecule has 4 unspecified atom stereocenters. The van der Waals surface area contributed by atoms with Crippen LogP contribution >= 0.6 is 15.9 Å². The molecule has 1 saturated carbocycles. The lowest BCUT2D eigenvalue weighted by atomic mass is 9.80. The Hall–Kier alpha value is -0.170. The molecule has 0 radical (unpaired) electrons. The summed E-state index contributed by atoms with van der Waals surface area (Å²) in [5.41, 5.74) is 5.71. The molecule has 22 heavy (non-hydrogen) atoms. The Morgan fingerprint density at radius 1 is 1.18 bits per heavy atom. The van der Waals surface area contributed by atoms with E-state index in [2.05, 4.69) is 43.5 Å². The van der Waals surface area contributed by atoms with E-state index in [0.29, 0.717) is 0 Å². The van der Waals surface area contributed by atoms with Crippen molar-refractivity contribution in [2.45, 2.75) is 43.5 Å². The molecular weight excluding hydrogens is 344 g/mol. The second-order valence-corrected chi connectivity index (χ2v) is 8.37. The van der Waals surface area contributed by atoms with Gasteiger partial charge in [0, 0.05) is 39.3 Å². The number of halogens is 1. The van der Waals surface area contributed by atoms with E-state index in [9.17, 15) is 4.79 Å². The zero-order valence-corrected chi connectivity index (χ0v) is 15.1. The fraction of sp³-hybridized carbons (Fsp3) is 0.938. The van der Waals surface area contributed by atoms with Gasteiger partial charge in [0.15, 0.2) is 0 Å². The lowest BCUT2D eigenvalue weighted by Gasteiger charge is -2.43.